The van der Waals surface area contributed by atoms with Crippen LogP contribution in [0.4, 0.5) is 0 Å². The number of carbonyl (C=O) groups excluding carboxylic acids is 1. The monoisotopic (exact) mass is 248 g/mol. The number of rotatable bonds is 0. The molecule has 98 valence electrons. The predicted octanol–water partition coefficient (Wildman–Crippen LogP) is 2.52. The first kappa shape index (κ1) is 13.1. The molecule has 2 rings (SSSR count). The lowest BCUT2D eigenvalue weighted by molar-refractivity contribution is -0.139. The van der Waals surface area contributed by atoms with Gasteiger partial charge >= 0.3 is 5.97 Å². The van der Waals surface area contributed by atoms with Crippen LogP contribution in [0.1, 0.15) is 33.1 Å². The second-order valence-corrected chi connectivity index (χ2v) is 5.29. The third-order valence-electron chi connectivity index (χ3n) is 3.70. The summed E-state index contributed by atoms with van der Waals surface area (Å²) in [7, 11) is 0. The quantitative estimate of drug-likeness (QED) is 0.407. The second kappa shape index (κ2) is 5.11. The highest BCUT2D eigenvalue weighted by Crippen LogP contribution is 2.34. The minimum atomic E-state index is -0.681. The molecule has 0 amide bonds. The summed E-state index contributed by atoms with van der Waals surface area (Å²) in [6.45, 7) is 7.81. The molecule has 0 aromatic heterocycles. The molecule has 0 aromatic carbocycles. The van der Waals surface area contributed by atoms with E-state index in [1.54, 1.807) is 0 Å². The summed E-state index contributed by atoms with van der Waals surface area (Å²) in [4.78, 5) is 11.6. The normalized spacial score (nSPS) is 39.2. The fourth-order valence-electron chi connectivity index (χ4n) is 2.67. The van der Waals surface area contributed by atoms with E-state index in [2.05, 4.69) is 12.7 Å². The molecule has 3 heteroatoms. The van der Waals surface area contributed by atoms with E-state index in [0.29, 0.717) is 12.0 Å². The van der Waals surface area contributed by atoms with Gasteiger partial charge in [0.05, 0.1) is 12.0 Å². The number of allylic oxidation sites excluding steroid dienone is 2. The third-order valence-corrected chi connectivity index (χ3v) is 3.70. The first-order valence-corrected chi connectivity index (χ1v) is 6.40. The van der Waals surface area contributed by atoms with E-state index >= 15 is 0 Å². The molecule has 1 N–H and O–H groups in total. The topological polar surface area (TPSA) is 46.5 Å². The Bertz CT molecular complexity index is 431. The van der Waals surface area contributed by atoms with E-state index in [0.717, 1.165) is 18.4 Å². The Kier molecular flexibility index (Phi) is 3.71. The van der Waals surface area contributed by atoms with Gasteiger partial charge in [0, 0.05) is 12.0 Å². The van der Waals surface area contributed by atoms with E-state index in [1.165, 1.54) is 5.57 Å². The summed E-state index contributed by atoms with van der Waals surface area (Å²) in [5.74, 6) is -0.684. The molecule has 18 heavy (non-hydrogen) atoms. The van der Waals surface area contributed by atoms with E-state index in [-0.39, 0.29) is 18.0 Å². The molecule has 0 aromatic rings. The summed E-state index contributed by atoms with van der Waals surface area (Å²) < 4.78 is 5.32. The van der Waals surface area contributed by atoms with Gasteiger partial charge in [-0.3, -0.25) is 0 Å². The molecule has 1 unspecified atom stereocenters. The Hall–Kier alpha value is -1.35. The van der Waals surface area contributed by atoms with Crippen molar-refractivity contribution in [3.63, 3.8) is 0 Å². The van der Waals surface area contributed by atoms with Crippen LogP contribution in [0.3, 0.4) is 0 Å². The van der Waals surface area contributed by atoms with Crippen LogP contribution in [0.15, 0.2) is 35.5 Å². The number of ether oxygens (including phenoxy) is 1. The highest BCUT2D eigenvalue weighted by atomic mass is 16.6. The van der Waals surface area contributed by atoms with Crippen molar-refractivity contribution >= 4 is 5.97 Å². The number of carbonyl (C=O) groups is 1. The zero-order valence-electron chi connectivity index (χ0n) is 11.0. The number of aliphatic hydroxyl groups excluding tert-OH is 1. The maximum atomic E-state index is 11.6. The zero-order valence-corrected chi connectivity index (χ0v) is 11.0. The lowest BCUT2D eigenvalue weighted by Crippen LogP contribution is -2.28. The second-order valence-electron chi connectivity index (χ2n) is 5.29. The van der Waals surface area contributed by atoms with Gasteiger partial charge in [0.1, 0.15) is 6.10 Å². The number of esters is 1. The minimum Gasteiger partial charge on any atom is -0.458 e. The van der Waals surface area contributed by atoms with Gasteiger partial charge in [-0.05, 0) is 26.7 Å². The standard InChI is InChI=1S/C15H20O3/c1-9-5-4-6-10(2)8-13-14(12(16)7-9)11(3)15(17)18-13/h6-7,12-14,16H,3-5,8H2,1-2H3/b9-7+,10-6+/t12?,13-,14-/m0/s1. The molecule has 3 atom stereocenters. The van der Waals surface area contributed by atoms with Crippen LogP contribution in [0.25, 0.3) is 0 Å². The van der Waals surface area contributed by atoms with Crippen LogP contribution < -0.4 is 0 Å². The van der Waals surface area contributed by atoms with Crippen LogP contribution >= 0.6 is 0 Å². The fourth-order valence-corrected chi connectivity index (χ4v) is 2.67. The van der Waals surface area contributed by atoms with Gasteiger partial charge in [-0.1, -0.05) is 29.9 Å². The minimum absolute atomic E-state index is 0.279. The lowest BCUT2D eigenvalue weighted by atomic mass is 9.86. The third kappa shape index (κ3) is 2.56. The smallest absolute Gasteiger partial charge is 0.334 e. The van der Waals surface area contributed by atoms with Crippen molar-refractivity contribution in [1.29, 1.82) is 0 Å². The van der Waals surface area contributed by atoms with Gasteiger partial charge in [0.2, 0.25) is 0 Å². The molecule has 1 fully saturated rings. The van der Waals surface area contributed by atoms with Crippen molar-refractivity contribution < 1.29 is 14.6 Å². The molecule has 0 bridgehead atoms. The summed E-state index contributed by atoms with van der Waals surface area (Å²) >= 11 is 0. The highest BCUT2D eigenvalue weighted by molar-refractivity contribution is 5.91. The van der Waals surface area contributed by atoms with E-state index < -0.39 is 6.10 Å². The van der Waals surface area contributed by atoms with Crippen LogP contribution in [0.2, 0.25) is 0 Å². The van der Waals surface area contributed by atoms with Gasteiger partial charge in [-0.15, -0.1) is 0 Å². The molecule has 0 radical (unpaired) electrons. The van der Waals surface area contributed by atoms with E-state index in [1.807, 2.05) is 19.9 Å². The predicted molar refractivity (Wildman–Crippen MR) is 69.9 cm³/mol. The van der Waals surface area contributed by atoms with Gasteiger partial charge in [-0.25, -0.2) is 4.79 Å². The van der Waals surface area contributed by atoms with Gasteiger partial charge in [-0.2, -0.15) is 0 Å². The van der Waals surface area contributed by atoms with Crippen LogP contribution in [-0.2, 0) is 9.53 Å². The maximum Gasteiger partial charge on any atom is 0.334 e. The maximum absolute atomic E-state index is 11.6. The summed E-state index contributed by atoms with van der Waals surface area (Å²) in [5, 5.41) is 10.3. The van der Waals surface area contributed by atoms with Crippen LogP contribution in [0.5, 0.6) is 0 Å². The average Bonchev–Trinajstić information content (AvgIpc) is 2.53. The van der Waals surface area contributed by atoms with E-state index in [9.17, 15) is 9.90 Å². The average molecular weight is 248 g/mol. The van der Waals surface area contributed by atoms with Crippen molar-refractivity contribution in [3.05, 3.63) is 35.5 Å². The molecule has 1 heterocycles. The summed E-state index contributed by atoms with van der Waals surface area (Å²) in [5.41, 5.74) is 2.73. The Labute approximate surface area is 108 Å². The molecular formula is C15H20O3. The summed E-state index contributed by atoms with van der Waals surface area (Å²) in [6.07, 6.45) is 5.64. The molecule has 0 spiro atoms. The van der Waals surface area contributed by atoms with Gasteiger partial charge in [0.25, 0.3) is 0 Å². The Balaban J connectivity index is 2.32. The first-order valence-electron chi connectivity index (χ1n) is 6.40. The number of fused-ring (bicyclic) bond motifs is 1. The van der Waals surface area contributed by atoms with E-state index in [4.69, 9.17) is 4.74 Å². The molecule has 1 saturated heterocycles. The molecule has 0 saturated carbocycles. The number of hydrogen-bond acceptors (Lipinski definition) is 3. The SMILES string of the molecule is C=C1C(=O)O[C@H]2C/C(C)=C/CC/C(C)=C/C(O)[C@H]12. The van der Waals surface area contributed by atoms with Crippen LogP contribution in [0, 0.1) is 5.92 Å². The molecule has 1 aliphatic carbocycles. The fraction of sp³-hybridized carbons (Fsp3) is 0.533. The Morgan fingerprint density at radius 3 is 2.83 bits per heavy atom. The zero-order chi connectivity index (χ0) is 13.3. The van der Waals surface area contributed by atoms with Crippen molar-refractivity contribution in [2.45, 2.75) is 45.3 Å². The van der Waals surface area contributed by atoms with Crippen LogP contribution in [-0.4, -0.2) is 23.3 Å². The lowest BCUT2D eigenvalue weighted by Gasteiger charge is -2.22. The number of hydrogen-bond donors (Lipinski definition) is 1. The molecule has 3 nitrogen and oxygen atoms in total. The Morgan fingerprint density at radius 2 is 2.11 bits per heavy atom. The highest BCUT2D eigenvalue weighted by Gasteiger charge is 2.42. The van der Waals surface area contributed by atoms with Crippen molar-refractivity contribution in [3.8, 4) is 0 Å². The Morgan fingerprint density at radius 1 is 1.39 bits per heavy atom. The van der Waals surface area contributed by atoms with Crippen molar-refractivity contribution in [2.24, 2.45) is 5.92 Å². The number of aliphatic hydroxyl groups is 1. The summed E-state index contributed by atoms with van der Waals surface area (Å²) in [6, 6.07) is 0. The largest absolute Gasteiger partial charge is 0.458 e. The van der Waals surface area contributed by atoms with Gasteiger partial charge in [0.15, 0.2) is 0 Å². The van der Waals surface area contributed by atoms with Gasteiger partial charge < -0.3 is 9.84 Å². The first-order chi connectivity index (χ1) is 8.49. The molecule has 2 aliphatic rings. The molecular weight excluding hydrogens is 228 g/mol. The van der Waals surface area contributed by atoms with Crippen molar-refractivity contribution in [1.82, 2.24) is 0 Å². The molecule has 1 aliphatic heterocycles. The van der Waals surface area contributed by atoms with Crippen molar-refractivity contribution in [2.75, 3.05) is 0 Å².